The van der Waals surface area contributed by atoms with Gasteiger partial charge in [-0.1, -0.05) is 6.07 Å². The van der Waals surface area contributed by atoms with E-state index < -0.39 is 0 Å². The molecule has 1 unspecified atom stereocenters. The molecule has 1 N–H and O–H groups in total. The summed E-state index contributed by atoms with van der Waals surface area (Å²) in [5.41, 5.74) is 5.18. The van der Waals surface area contributed by atoms with E-state index in [1.165, 1.54) is 18.1 Å². The van der Waals surface area contributed by atoms with E-state index in [2.05, 4.69) is 31.0 Å². The second kappa shape index (κ2) is 6.75. The van der Waals surface area contributed by atoms with E-state index in [-0.39, 0.29) is 16.8 Å². The van der Waals surface area contributed by atoms with Crippen molar-refractivity contribution >= 4 is 23.3 Å². The Morgan fingerprint density at radius 1 is 1.09 bits per heavy atom. The number of nitrogens with one attached hydrogen (secondary N) is 1. The number of carbonyl (C=O) groups is 2. The molecule has 0 saturated carbocycles. The highest BCUT2D eigenvalue weighted by molar-refractivity contribution is 8.00. The van der Waals surface area contributed by atoms with Gasteiger partial charge < -0.3 is 4.98 Å². The van der Waals surface area contributed by atoms with E-state index in [1.54, 1.807) is 11.8 Å². The van der Waals surface area contributed by atoms with Crippen molar-refractivity contribution in [3.05, 3.63) is 51.8 Å². The Bertz CT molecular complexity index is 774. The van der Waals surface area contributed by atoms with Crippen LogP contribution in [0.25, 0.3) is 0 Å². The van der Waals surface area contributed by atoms with Gasteiger partial charge in [0.2, 0.25) is 0 Å². The van der Waals surface area contributed by atoms with Crippen molar-refractivity contribution in [1.82, 2.24) is 4.98 Å². The molecule has 2 aromatic rings. The Morgan fingerprint density at radius 3 is 2.26 bits per heavy atom. The quantitative estimate of drug-likeness (QED) is 0.632. The molecule has 4 heteroatoms. The Hall–Kier alpha value is -1.81. The smallest absolute Gasteiger partial charge is 0.192 e. The van der Waals surface area contributed by atoms with E-state index in [9.17, 15) is 9.59 Å². The van der Waals surface area contributed by atoms with Crippen molar-refractivity contribution in [3.63, 3.8) is 0 Å². The molecule has 0 aliphatic carbocycles. The molecular formula is C19H23NO2S. The van der Waals surface area contributed by atoms with Crippen molar-refractivity contribution in [2.75, 3.05) is 0 Å². The maximum atomic E-state index is 12.7. The van der Waals surface area contributed by atoms with Gasteiger partial charge in [0.15, 0.2) is 11.6 Å². The van der Waals surface area contributed by atoms with Crippen LogP contribution in [0.4, 0.5) is 0 Å². The third kappa shape index (κ3) is 3.58. The lowest BCUT2D eigenvalue weighted by Gasteiger charge is -2.11. The maximum Gasteiger partial charge on any atom is 0.192 e. The Morgan fingerprint density at radius 2 is 1.74 bits per heavy atom. The average Bonchev–Trinajstić information content (AvgIpc) is 2.77. The molecule has 0 amide bonds. The fourth-order valence-electron chi connectivity index (χ4n) is 2.77. The van der Waals surface area contributed by atoms with Gasteiger partial charge in [-0.2, -0.15) is 0 Å². The van der Waals surface area contributed by atoms with E-state index in [4.69, 9.17) is 0 Å². The molecule has 1 aromatic carbocycles. The molecule has 0 spiro atoms. The first kappa shape index (κ1) is 17.5. The van der Waals surface area contributed by atoms with Crippen LogP contribution in [-0.4, -0.2) is 21.8 Å². The molecule has 0 aliphatic heterocycles. The van der Waals surface area contributed by atoms with Gasteiger partial charge in [0.25, 0.3) is 0 Å². The second-order valence-corrected chi connectivity index (χ2v) is 7.47. The van der Waals surface area contributed by atoms with Crippen molar-refractivity contribution in [2.45, 2.75) is 51.7 Å². The Balaban J connectivity index is 2.24. The molecule has 0 fully saturated rings. The number of thioether (sulfide) groups is 1. The summed E-state index contributed by atoms with van der Waals surface area (Å²) in [5, 5.41) is -0.214. The van der Waals surface area contributed by atoms with Gasteiger partial charge in [-0.05, 0) is 70.4 Å². The summed E-state index contributed by atoms with van der Waals surface area (Å²) < 4.78 is 0. The zero-order valence-corrected chi connectivity index (χ0v) is 15.4. The maximum absolute atomic E-state index is 12.7. The SMILES string of the molecule is CC(=O)c1c(C)[nH]c(C(=O)C(C)Sc2ccc(C)c(C)c2)c1C. The summed E-state index contributed by atoms with van der Waals surface area (Å²) >= 11 is 1.55. The van der Waals surface area contributed by atoms with Crippen LogP contribution in [-0.2, 0) is 0 Å². The minimum absolute atomic E-state index is 0.00948. The lowest BCUT2D eigenvalue weighted by atomic mass is 10.0. The van der Waals surface area contributed by atoms with Crippen molar-refractivity contribution in [3.8, 4) is 0 Å². The predicted molar refractivity (Wildman–Crippen MR) is 95.8 cm³/mol. The number of aromatic amines is 1. The highest BCUT2D eigenvalue weighted by atomic mass is 32.2. The molecule has 3 nitrogen and oxygen atoms in total. The van der Waals surface area contributed by atoms with E-state index in [0.29, 0.717) is 11.3 Å². The first-order valence-electron chi connectivity index (χ1n) is 7.70. The number of Topliss-reactive ketones (excluding diaryl/α,β-unsaturated/α-hetero) is 2. The molecule has 122 valence electrons. The lowest BCUT2D eigenvalue weighted by molar-refractivity contribution is 0.0988. The number of rotatable bonds is 5. The number of aryl methyl sites for hydroxylation is 3. The topological polar surface area (TPSA) is 49.9 Å². The summed E-state index contributed by atoms with van der Waals surface area (Å²) in [6.45, 7) is 11.3. The second-order valence-electron chi connectivity index (χ2n) is 6.05. The van der Waals surface area contributed by atoms with Crippen molar-refractivity contribution in [1.29, 1.82) is 0 Å². The van der Waals surface area contributed by atoms with Crippen LogP contribution in [0.5, 0.6) is 0 Å². The van der Waals surface area contributed by atoms with Crippen molar-refractivity contribution < 1.29 is 9.59 Å². The van der Waals surface area contributed by atoms with Crippen LogP contribution < -0.4 is 0 Å². The molecule has 0 bridgehead atoms. The number of carbonyl (C=O) groups excluding carboxylic acids is 2. The molecule has 0 radical (unpaired) electrons. The number of aromatic nitrogens is 1. The normalized spacial score (nSPS) is 12.3. The molecule has 2 rings (SSSR count). The van der Waals surface area contributed by atoms with Crippen molar-refractivity contribution in [2.24, 2.45) is 0 Å². The molecule has 0 aliphatic rings. The number of hydrogen-bond donors (Lipinski definition) is 1. The summed E-state index contributed by atoms with van der Waals surface area (Å²) in [6.07, 6.45) is 0. The minimum Gasteiger partial charge on any atom is -0.355 e. The van der Waals surface area contributed by atoms with E-state index in [0.717, 1.165) is 16.2 Å². The van der Waals surface area contributed by atoms with Gasteiger partial charge in [0, 0.05) is 16.2 Å². The van der Waals surface area contributed by atoms with E-state index >= 15 is 0 Å². The highest BCUT2D eigenvalue weighted by Crippen LogP contribution is 2.29. The number of benzene rings is 1. The fraction of sp³-hybridized carbons (Fsp3) is 0.368. The van der Waals surface area contributed by atoms with Crippen LogP contribution in [0.3, 0.4) is 0 Å². The van der Waals surface area contributed by atoms with Crippen LogP contribution in [0, 0.1) is 27.7 Å². The van der Waals surface area contributed by atoms with E-state index in [1.807, 2.05) is 26.8 Å². The van der Waals surface area contributed by atoms with Gasteiger partial charge in [0.1, 0.15) is 0 Å². The zero-order valence-electron chi connectivity index (χ0n) is 14.5. The fourth-order valence-corrected chi connectivity index (χ4v) is 3.80. The van der Waals surface area contributed by atoms with Gasteiger partial charge in [0.05, 0.1) is 10.9 Å². The first-order valence-corrected chi connectivity index (χ1v) is 8.58. The molecule has 1 heterocycles. The summed E-state index contributed by atoms with van der Waals surface area (Å²) in [4.78, 5) is 28.6. The predicted octanol–water partition coefficient (Wildman–Crippen LogP) is 4.81. The average molecular weight is 329 g/mol. The summed E-state index contributed by atoms with van der Waals surface area (Å²) in [5.74, 6) is 0.0195. The Labute approximate surface area is 141 Å². The summed E-state index contributed by atoms with van der Waals surface area (Å²) in [6, 6.07) is 6.23. The summed E-state index contributed by atoms with van der Waals surface area (Å²) in [7, 11) is 0. The third-order valence-electron chi connectivity index (χ3n) is 4.20. The van der Waals surface area contributed by atoms with Crippen LogP contribution in [0.1, 0.15) is 57.1 Å². The number of H-pyrrole nitrogens is 1. The van der Waals surface area contributed by atoms with Gasteiger partial charge in [-0.25, -0.2) is 0 Å². The zero-order chi connectivity index (χ0) is 17.3. The van der Waals surface area contributed by atoms with Crippen LogP contribution in [0.2, 0.25) is 0 Å². The highest BCUT2D eigenvalue weighted by Gasteiger charge is 2.24. The Kier molecular flexibility index (Phi) is 5.15. The lowest BCUT2D eigenvalue weighted by Crippen LogP contribution is -2.15. The van der Waals surface area contributed by atoms with Crippen LogP contribution >= 0.6 is 11.8 Å². The first-order chi connectivity index (χ1) is 10.7. The van der Waals surface area contributed by atoms with Gasteiger partial charge >= 0.3 is 0 Å². The van der Waals surface area contributed by atoms with Gasteiger partial charge in [-0.15, -0.1) is 11.8 Å². The molecule has 23 heavy (non-hydrogen) atoms. The number of hydrogen-bond acceptors (Lipinski definition) is 3. The molecule has 1 aromatic heterocycles. The largest absolute Gasteiger partial charge is 0.355 e. The molecular weight excluding hydrogens is 306 g/mol. The monoisotopic (exact) mass is 329 g/mol. The van der Waals surface area contributed by atoms with Crippen LogP contribution in [0.15, 0.2) is 23.1 Å². The third-order valence-corrected chi connectivity index (χ3v) is 5.29. The standard InChI is InChI=1S/C19H23NO2S/c1-10-7-8-16(9-11(10)2)23-15(6)19(22)18-12(3)17(14(5)21)13(4)20-18/h7-9,15,20H,1-6H3. The number of ketones is 2. The van der Waals surface area contributed by atoms with Gasteiger partial charge in [-0.3, -0.25) is 9.59 Å². The molecule has 0 saturated heterocycles. The minimum atomic E-state index is -0.214. The molecule has 1 atom stereocenters.